The maximum absolute atomic E-state index is 12.4. The zero-order chi connectivity index (χ0) is 21.8. The summed E-state index contributed by atoms with van der Waals surface area (Å²) in [4.78, 5) is 21.2. The van der Waals surface area contributed by atoms with Gasteiger partial charge in [0.05, 0.1) is 18.1 Å². The molecule has 9 heteroatoms. The maximum Gasteiger partial charge on any atom is 0.255 e. The number of hydrogen-bond donors (Lipinski definition) is 3. The molecule has 0 fully saturated rings. The third-order valence-corrected chi connectivity index (χ3v) is 4.83. The van der Waals surface area contributed by atoms with Crippen molar-refractivity contribution in [3.63, 3.8) is 0 Å². The van der Waals surface area contributed by atoms with Gasteiger partial charge in [0, 0.05) is 41.6 Å². The van der Waals surface area contributed by atoms with Crippen molar-refractivity contribution in [3.05, 3.63) is 83.3 Å². The van der Waals surface area contributed by atoms with Gasteiger partial charge in [-0.05, 0) is 42.0 Å². The molecule has 0 radical (unpaired) electrons. The van der Waals surface area contributed by atoms with E-state index in [0.29, 0.717) is 40.1 Å². The fraction of sp³-hybridized carbons (Fsp3) is 0.0909. The number of carbonyl (C=O) groups is 1. The minimum Gasteiger partial charge on any atom is -0.381 e. The van der Waals surface area contributed by atoms with E-state index in [1.165, 1.54) is 0 Å². The van der Waals surface area contributed by atoms with E-state index >= 15 is 0 Å². The predicted molar refractivity (Wildman–Crippen MR) is 122 cm³/mol. The second-order valence-corrected chi connectivity index (χ2v) is 7.34. The summed E-state index contributed by atoms with van der Waals surface area (Å²) in [6.07, 6.45) is 5.20. The van der Waals surface area contributed by atoms with Crippen LogP contribution in [-0.2, 0) is 13.6 Å². The minimum atomic E-state index is -0.193. The van der Waals surface area contributed by atoms with Crippen molar-refractivity contribution in [3.8, 4) is 11.3 Å². The van der Waals surface area contributed by atoms with Crippen LogP contribution in [0.5, 0.6) is 0 Å². The fourth-order valence-electron chi connectivity index (χ4n) is 2.92. The first-order valence-electron chi connectivity index (χ1n) is 9.49. The molecule has 0 aliphatic rings. The number of nitrogens with one attached hydrogen (secondary N) is 2. The number of amides is 1. The number of anilines is 3. The monoisotopic (exact) mass is 433 g/mol. The highest BCUT2D eigenvalue weighted by molar-refractivity contribution is 6.30. The lowest BCUT2D eigenvalue weighted by molar-refractivity contribution is 0.102. The van der Waals surface area contributed by atoms with Crippen molar-refractivity contribution < 1.29 is 4.79 Å². The Morgan fingerprint density at radius 2 is 1.84 bits per heavy atom. The minimum absolute atomic E-state index is 0.193. The molecule has 4 N–H and O–H groups in total. The Hall–Kier alpha value is -3.91. The maximum atomic E-state index is 12.4. The second-order valence-electron chi connectivity index (χ2n) is 6.90. The number of nitrogens with two attached hydrogens (primary N) is 1. The smallest absolute Gasteiger partial charge is 0.255 e. The summed E-state index contributed by atoms with van der Waals surface area (Å²) in [6, 6.07) is 14.2. The van der Waals surface area contributed by atoms with Crippen molar-refractivity contribution in [1.82, 2.24) is 19.7 Å². The molecule has 0 saturated heterocycles. The zero-order valence-corrected chi connectivity index (χ0v) is 17.5. The van der Waals surface area contributed by atoms with Crippen LogP contribution in [0.15, 0.2) is 67.1 Å². The molecule has 1 amide bonds. The van der Waals surface area contributed by atoms with Crippen LogP contribution >= 0.6 is 11.6 Å². The van der Waals surface area contributed by atoms with Gasteiger partial charge in [-0.25, -0.2) is 9.97 Å². The van der Waals surface area contributed by atoms with Gasteiger partial charge in [-0.3, -0.25) is 9.48 Å². The number of nitrogen functional groups attached to an aromatic ring is 1. The summed E-state index contributed by atoms with van der Waals surface area (Å²) >= 11 is 5.87. The number of nitrogens with zero attached hydrogens (tertiary/aromatic N) is 4. The molecule has 0 saturated carbocycles. The highest BCUT2D eigenvalue weighted by Gasteiger charge is 2.09. The molecule has 2 heterocycles. The first-order chi connectivity index (χ1) is 15.0. The van der Waals surface area contributed by atoms with Crippen LogP contribution in [0, 0.1) is 0 Å². The van der Waals surface area contributed by atoms with Crippen LogP contribution in [-0.4, -0.2) is 25.7 Å². The standard InChI is InChI=1S/C22H20ClN7O/c1-30-13-16(11-27-30)19-12-25-20(24)21(29-19)26-10-14-2-4-15(5-3-14)22(31)28-18-8-6-17(23)7-9-18/h2-9,11-13H,10H2,1H3,(H2,24,25)(H,26,29)(H,28,31). The molecule has 4 rings (SSSR count). The summed E-state index contributed by atoms with van der Waals surface area (Å²) < 4.78 is 1.70. The van der Waals surface area contributed by atoms with E-state index in [0.717, 1.165) is 11.1 Å². The van der Waals surface area contributed by atoms with Crippen LogP contribution in [0.2, 0.25) is 5.02 Å². The third kappa shape index (κ3) is 4.99. The molecular formula is C22H20ClN7O. The van der Waals surface area contributed by atoms with E-state index in [2.05, 4.69) is 25.7 Å². The molecule has 0 spiro atoms. The van der Waals surface area contributed by atoms with Gasteiger partial charge in [-0.1, -0.05) is 23.7 Å². The van der Waals surface area contributed by atoms with Gasteiger partial charge in [0.15, 0.2) is 11.6 Å². The Balaban J connectivity index is 1.40. The Labute approximate surface area is 184 Å². The SMILES string of the molecule is Cn1cc(-c2cnc(N)c(NCc3ccc(C(=O)Nc4ccc(Cl)cc4)cc3)n2)cn1. The van der Waals surface area contributed by atoms with Gasteiger partial charge in [0.1, 0.15) is 0 Å². The number of benzene rings is 2. The summed E-state index contributed by atoms with van der Waals surface area (Å²) in [5.41, 5.74) is 9.70. The summed E-state index contributed by atoms with van der Waals surface area (Å²) in [6.45, 7) is 0.481. The molecule has 2 aromatic heterocycles. The first-order valence-corrected chi connectivity index (χ1v) is 9.87. The van der Waals surface area contributed by atoms with Gasteiger partial charge < -0.3 is 16.4 Å². The predicted octanol–water partition coefficient (Wildman–Crippen LogP) is 3.98. The van der Waals surface area contributed by atoms with E-state index in [1.807, 2.05) is 25.4 Å². The molecule has 2 aromatic carbocycles. The second kappa shape index (κ2) is 8.85. The normalized spacial score (nSPS) is 10.6. The topological polar surface area (TPSA) is 111 Å². The Morgan fingerprint density at radius 1 is 1.10 bits per heavy atom. The Bertz CT molecular complexity index is 1200. The first kappa shape index (κ1) is 20.4. The fourth-order valence-corrected chi connectivity index (χ4v) is 3.04. The average molecular weight is 434 g/mol. The molecule has 0 aliphatic heterocycles. The van der Waals surface area contributed by atoms with E-state index < -0.39 is 0 Å². The molecule has 0 aliphatic carbocycles. The van der Waals surface area contributed by atoms with Crippen LogP contribution in [0.25, 0.3) is 11.3 Å². The van der Waals surface area contributed by atoms with Gasteiger partial charge >= 0.3 is 0 Å². The molecule has 156 valence electrons. The highest BCUT2D eigenvalue weighted by atomic mass is 35.5. The average Bonchev–Trinajstić information content (AvgIpc) is 3.21. The van der Waals surface area contributed by atoms with Crippen molar-refractivity contribution in [2.24, 2.45) is 7.05 Å². The molecule has 0 bridgehead atoms. The number of carbonyl (C=O) groups excluding carboxylic acids is 1. The van der Waals surface area contributed by atoms with Gasteiger partial charge in [0.25, 0.3) is 5.91 Å². The van der Waals surface area contributed by atoms with Gasteiger partial charge in [0.2, 0.25) is 0 Å². The van der Waals surface area contributed by atoms with Crippen molar-refractivity contribution in [1.29, 1.82) is 0 Å². The Kier molecular flexibility index (Phi) is 5.81. The van der Waals surface area contributed by atoms with Crippen molar-refractivity contribution in [2.75, 3.05) is 16.4 Å². The van der Waals surface area contributed by atoms with Crippen LogP contribution in [0.4, 0.5) is 17.3 Å². The molecule has 0 atom stereocenters. The third-order valence-electron chi connectivity index (χ3n) is 4.58. The number of halogens is 1. The van der Waals surface area contributed by atoms with Crippen LogP contribution in [0.1, 0.15) is 15.9 Å². The Morgan fingerprint density at radius 3 is 2.52 bits per heavy atom. The van der Waals surface area contributed by atoms with Crippen molar-refractivity contribution in [2.45, 2.75) is 6.54 Å². The zero-order valence-electron chi connectivity index (χ0n) is 16.7. The molecule has 0 unspecified atom stereocenters. The molecule has 8 nitrogen and oxygen atoms in total. The summed E-state index contributed by atoms with van der Waals surface area (Å²) in [5, 5.41) is 10.8. The van der Waals surface area contributed by atoms with Crippen LogP contribution < -0.4 is 16.4 Å². The van der Waals surface area contributed by atoms with Crippen molar-refractivity contribution >= 4 is 34.8 Å². The lowest BCUT2D eigenvalue weighted by Crippen LogP contribution is -2.12. The molecular weight excluding hydrogens is 414 g/mol. The van der Waals surface area contributed by atoms with E-state index in [-0.39, 0.29) is 5.91 Å². The summed E-state index contributed by atoms with van der Waals surface area (Å²) in [7, 11) is 1.84. The lowest BCUT2D eigenvalue weighted by Gasteiger charge is -2.10. The molecule has 31 heavy (non-hydrogen) atoms. The van der Waals surface area contributed by atoms with E-state index in [9.17, 15) is 4.79 Å². The largest absolute Gasteiger partial charge is 0.381 e. The highest BCUT2D eigenvalue weighted by Crippen LogP contribution is 2.21. The molecule has 4 aromatic rings. The van der Waals surface area contributed by atoms with Gasteiger partial charge in [-0.15, -0.1) is 0 Å². The van der Waals surface area contributed by atoms with E-state index in [4.69, 9.17) is 17.3 Å². The lowest BCUT2D eigenvalue weighted by atomic mass is 10.1. The van der Waals surface area contributed by atoms with E-state index in [1.54, 1.807) is 53.5 Å². The number of hydrogen-bond acceptors (Lipinski definition) is 6. The quantitative estimate of drug-likeness (QED) is 0.424. The summed E-state index contributed by atoms with van der Waals surface area (Å²) in [5.74, 6) is 0.610. The number of aromatic nitrogens is 4. The number of rotatable bonds is 6. The van der Waals surface area contributed by atoms with Gasteiger partial charge in [-0.2, -0.15) is 5.10 Å². The van der Waals surface area contributed by atoms with Crippen LogP contribution in [0.3, 0.4) is 0 Å². The number of aryl methyl sites for hydroxylation is 1.